The molecule has 0 aliphatic carbocycles. The number of rotatable bonds is 6. The largest absolute Gasteiger partial charge is 0.478 e. The van der Waals surface area contributed by atoms with Gasteiger partial charge in [-0.05, 0) is 13.8 Å². The second-order valence-electron chi connectivity index (χ2n) is 4.18. The summed E-state index contributed by atoms with van der Waals surface area (Å²) in [6.07, 6.45) is 0. The third-order valence-electron chi connectivity index (χ3n) is 2.76. The Balaban J connectivity index is 3.97. The number of carbonyl (C=O) groups excluding carboxylic acids is 2. The molecule has 0 amide bonds. The lowest BCUT2D eigenvalue weighted by Crippen LogP contribution is -2.21. The van der Waals surface area contributed by atoms with Crippen LogP contribution in [0.15, 0.2) is 0 Å². The number of hydrogen-bond acceptors (Lipinski definition) is 6. The van der Waals surface area contributed by atoms with E-state index in [9.17, 15) is 29.4 Å². The van der Waals surface area contributed by atoms with Crippen molar-refractivity contribution in [1.82, 2.24) is 0 Å². The first-order valence-electron chi connectivity index (χ1n) is 6.54. The van der Waals surface area contributed by atoms with Crippen LogP contribution in [0.2, 0.25) is 10.0 Å². The van der Waals surface area contributed by atoms with Crippen LogP contribution in [0.25, 0.3) is 0 Å². The fraction of sp³-hybridized carbons (Fsp3) is 0.286. The van der Waals surface area contributed by atoms with Crippen LogP contribution in [-0.4, -0.2) is 47.3 Å². The van der Waals surface area contributed by atoms with Crippen molar-refractivity contribution in [1.29, 1.82) is 0 Å². The molecule has 0 saturated carbocycles. The van der Waals surface area contributed by atoms with Gasteiger partial charge in [-0.1, -0.05) is 23.2 Å². The van der Waals surface area contributed by atoms with E-state index in [4.69, 9.17) is 32.7 Å². The summed E-state index contributed by atoms with van der Waals surface area (Å²) in [6, 6.07) is 0. The van der Waals surface area contributed by atoms with Crippen LogP contribution >= 0.6 is 23.2 Å². The molecular formula is C14H12Cl2O8. The highest BCUT2D eigenvalue weighted by Gasteiger charge is 2.35. The summed E-state index contributed by atoms with van der Waals surface area (Å²) >= 11 is 11.8. The highest BCUT2D eigenvalue weighted by molar-refractivity contribution is 6.43. The highest BCUT2D eigenvalue weighted by Crippen LogP contribution is 2.36. The zero-order chi connectivity index (χ0) is 18.6. The minimum atomic E-state index is -1.74. The van der Waals surface area contributed by atoms with Gasteiger partial charge in [-0.2, -0.15) is 0 Å². The molecule has 2 N–H and O–H groups in total. The minimum Gasteiger partial charge on any atom is -0.478 e. The van der Waals surface area contributed by atoms with Gasteiger partial charge in [0, 0.05) is 0 Å². The Morgan fingerprint density at radius 3 is 1.25 bits per heavy atom. The molecule has 0 unspecified atom stereocenters. The van der Waals surface area contributed by atoms with Crippen molar-refractivity contribution in [3.05, 3.63) is 32.3 Å². The molecule has 10 heteroatoms. The van der Waals surface area contributed by atoms with Gasteiger partial charge in [-0.25, -0.2) is 19.2 Å². The first-order chi connectivity index (χ1) is 11.2. The van der Waals surface area contributed by atoms with Crippen LogP contribution in [0.4, 0.5) is 0 Å². The van der Waals surface area contributed by atoms with Crippen molar-refractivity contribution in [2.24, 2.45) is 0 Å². The molecule has 24 heavy (non-hydrogen) atoms. The second-order valence-corrected chi connectivity index (χ2v) is 4.94. The monoisotopic (exact) mass is 378 g/mol. The molecule has 1 rings (SSSR count). The van der Waals surface area contributed by atoms with Crippen LogP contribution in [0, 0.1) is 0 Å². The van der Waals surface area contributed by atoms with E-state index in [1.165, 1.54) is 13.8 Å². The smallest absolute Gasteiger partial charge is 0.340 e. The summed E-state index contributed by atoms with van der Waals surface area (Å²) in [7, 11) is 0. The number of aromatic carboxylic acids is 2. The van der Waals surface area contributed by atoms with Gasteiger partial charge in [0.25, 0.3) is 0 Å². The fourth-order valence-electron chi connectivity index (χ4n) is 1.88. The summed E-state index contributed by atoms with van der Waals surface area (Å²) in [5, 5.41) is 16.9. The van der Waals surface area contributed by atoms with Gasteiger partial charge >= 0.3 is 23.9 Å². The molecule has 1 aromatic carbocycles. The van der Waals surface area contributed by atoms with Crippen LogP contribution in [0.1, 0.15) is 55.3 Å². The Kier molecular flexibility index (Phi) is 6.56. The number of esters is 2. The van der Waals surface area contributed by atoms with Crippen molar-refractivity contribution >= 4 is 47.1 Å². The molecule has 0 aliphatic heterocycles. The molecule has 130 valence electrons. The number of carboxylic acid groups (broad SMARTS) is 2. The quantitative estimate of drug-likeness (QED) is 0.723. The van der Waals surface area contributed by atoms with Crippen molar-refractivity contribution in [2.45, 2.75) is 13.8 Å². The number of benzene rings is 1. The average Bonchev–Trinajstić information content (AvgIpc) is 2.47. The summed E-state index contributed by atoms with van der Waals surface area (Å²) in [4.78, 5) is 46.9. The molecule has 0 aromatic heterocycles. The molecule has 8 nitrogen and oxygen atoms in total. The SMILES string of the molecule is CCOC(=O)c1c(Cl)c(C(=O)O)c(C(=O)O)c(Cl)c1C(=O)OCC. The minimum absolute atomic E-state index is 0.0991. The lowest BCUT2D eigenvalue weighted by Gasteiger charge is -2.16. The number of carbonyl (C=O) groups is 4. The molecule has 0 radical (unpaired) electrons. The first kappa shape index (κ1) is 19.7. The number of halogens is 2. The number of carboxylic acids is 2. The van der Waals surface area contributed by atoms with E-state index >= 15 is 0 Å². The number of hydrogen-bond donors (Lipinski definition) is 2. The van der Waals surface area contributed by atoms with E-state index in [0.717, 1.165) is 0 Å². The molecule has 0 aliphatic rings. The summed E-state index contributed by atoms with van der Waals surface area (Å²) in [6.45, 7) is 2.75. The van der Waals surface area contributed by atoms with Gasteiger partial charge in [0.05, 0.1) is 45.5 Å². The zero-order valence-corrected chi connectivity index (χ0v) is 14.0. The van der Waals surface area contributed by atoms with E-state index in [2.05, 4.69) is 0 Å². The summed E-state index contributed by atoms with van der Waals surface area (Å²) in [5.41, 5.74) is -3.18. The fourth-order valence-corrected chi connectivity index (χ4v) is 2.57. The van der Waals surface area contributed by atoms with E-state index in [1.54, 1.807) is 0 Å². The topological polar surface area (TPSA) is 127 Å². The summed E-state index contributed by atoms with van der Waals surface area (Å²) in [5.74, 6) is -5.74. The highest BCUT2D eigenvalue weighted by atomic mass is 35.5. The van der Waals surface area contributed by atoms with Crippen LogP contribution < -0.4 is 0 Å². The van der Waals surface area contributed by atoms with Gasteiger partial charge in [-0.15, -0.1) is 0 Å². The Morgan fingerprint density at radius 1 is 0.750 bits per heavy atom. The van der Waals surface area contributed by atoms with Crippen LogP contribution in [0.3, 0.4) is 0 Å². The maximum Gasteiger partial charge on any atom is 0.340 e. The van der Waals surface area contributed by atoms with Gasteiger partial charge in [0.1, 0.15) is 0 Å². The van der Waals surface area contributed by atoms with Gasteiger partial charge in [0.2, 0.25) is 0 Å². The Labute approximate surface area is 145 Å². The molecular weight excluding hydrogens is 367 g/mol. The zero-order valence-electron chi connectivity index (χ0n) is 12.5. The average molecular weight is 379 g/mol. The standard InChI is InChI=1S/C14H12Cl2O8/c1-3-23-13(21)7-8(14(22)24-4-2)10(16)6(12(19)20)5(9(7)15)11(17)18/h3-4H2,1-2H3,(H,17,18)(H,19,20). The predicted octanol–water partition coefficient (Wildman–Crippen LogP) is 2.74. The molecule has 0 fully saturated rings. The third kappa shape index (κ3) is 3.60. The normalized spacial score (nSPS) is 10.2. The van der Waals surface area contributed by atoms with Crippen LogP contribution in [0.5, 0.6) is 0 Å². The maximum atomic E-state index is 12.1. The van der Waals surface area contributed by atoms with Gasteiger partial charge in [-0.3, -0.25) is 0 Å². The van der Waals surface area contributed by atoms with E-state index in [0.29, 0.717) is 0 Å². The van der Waals surface area contributed by atoms with Gasteiger partial charge in [0.15, 0.2) is 0 Å². The molecule has 1 aromatic rings. The predicted molar refractivity (Wildman–Crippen MR) is 82.3 cm³/mol. The first-order valence-corrected chi connectivity index (χ1v) is 7.30. The molecule has 0 spiro atoms. The third-order valence-corrected chi connectivity index (χ3v) is 3.52. The lowest BCUT2D eigenvalue weighted by atomic mass is 9.97. The Bertz CT molecular complexity index is 665. The molecule has 0 heterocycles. The van der Waals surface area contributed by atoms with Crippen molar-refractivity contribution in [3.8, 4) is 0 Å². The molecule has 0 saturated heterocycles. The molecule has 0 bridgehead atoms. The van der Waals surface area contributed by atoms with E-state index in [1.807, 2.05) is 0 Å². The Morgan fingerprint density at radius 2 is 1.04 bits per heavy atom. The van der Waals surface area contributed by atoms with Crippen molar-refractivity contribution < 1.29 is 38.9 Å². The molecule has 0 atom stereocenters. The lowest BCUT2D eigenvalue weighted by molar-refractivity contribution is 0.0478. The van der Waals surface area contributed by atoms with Crippen LogP contribution in [-0.2, 0) is 9.47 Å². The number of ether oxygens (including phenoxy) is 2. The Hall–Kier alpha value is -2.32. The van der Waals surface area contributed by atoms with Crippen molar-refractivity contribution in [3.63, 3.8) is 0 Å². The van der Waals surface area contributed by atoms with E-state index < -0.39 is 56.2 Å². The maximum absolute atomic E-state index is 12.1. The summed E-state index contributed by atoms with van der Waals surface area (Å²) < 4.78 is 9.48. The van der Waals surface area contributed by atoms with E-state index in [-0.39, 0.29) is 13.2 Å². The van der Waals surface area contributed by atoms with Crippen molar-refractivity contribution in [2.75, 3.05) is 13.2 Å². The van der Waals surface area contributed by atoms with Gasteiger partial charge < -0.3 is 19.7 Å². The second kappa shape index (κ2) is 7.98.